The summed E-state index contributed by atoms with van der Waals surface area (Å²) in [7, 11) is 3.43. The maximum absolute atomic E-state index is 12.1. The van der Waals surface area contributed by atoms with Gasteiger partial charge in [0.05, 0.1) is 13.7 Å². The predicted molar refractivity (Wildman–Crippen MR) is 76.7 cm³/mol. The number of hydrogen-bond donors (Lipinski definition) is 1. The first-order chi connectivity index (χ1) is 9.20. The van der Waals surface area contributed by atoms with Crippen LogP contribution in [0.3, 0.4) is 0 Å². The van der Waals surface area contributed by atoms with E-state index in [0.29, 0.717) is 12.6 Å². The van der Waals surface area contributed by atoms with E-state index in [1.54, 1.807) is 19.1 Å². The molecule has 1 amide bonds. The van der Waals surface area contributed by atoms with Crippen LogP contribution >= 0.6 is 0 Å². The fraction of sp³-hybridized carbons (Fsp3) is 0.533. The average molecular weight is 262 g/mol. The molecular formula is C15H22N2O2. The van der Waals surface area contributed by atoms with Gasteiger partial charge in [-0.25, -0.2) is 0 Å². The van der Waals surface area contributed by atoms with Gasteiger partial charge in [-0.1, -0.05) is 18.9 Å². The molecule has 19 heavy (non-hydrogen) atoms. The lowest BCUT2D eigenvalue weighted by Crippen LogP contribution is -2.39. The lowest BCUT2D eigenvalue weighted by atomic mass is 10.2. The Balaban J connectivity index is 1.89. The number of methoxy groups -OCH3 is 1. The van der Waals surface area contributed by atoms with Gasteiger partial charge in [-0.05, 0) is 25.0 Å². The minimum Gasteiger partial charge on any atom is -0.497 e. The van der Waals surface area contributed by atoms with Crippen molar-refractivity contribution in [2.45, 2.75) is 31.7 Å². The molecule has 1 N–H and O–H groups in total. The smallest absolute Gasteiger partial charge is 0.240 e. The Hall–Kier alpha value is -1.55. The molecule has 1 aliphatic carbocycles. The molecule has 1 saturated carbocycles. The Labute approximate surface area is 114 Å². The van der Waals surface area contributed by atoms with Crippen LogP contribution in [-0.2, 0) is 4.79 Å². The summed E-state index contributed by atoms with van der Waals surface area (Å²) in [5.74, 6) is 0.848. The van der Waals surface area contributed by atoms with Crippen molar-refractivity contribution in [2.24, 2.45) is 0 Å². The highest BCUT2D eigenvalue weighted by atomic mass is 16.5. The fourth-order valence-corrected chi connectivity index (χ4v) is 2.44. The van der Waals surface area contributed by atoms with E-state index in [2.05, 4.69) is 5.32 Å². The van der Waals surface area contributed by atoms with Crippen LogP contribution in [0.1, 0.15) is 25.7 Å². The summed E-state index contributed by atoms with van der Waals surface area (Å²) in [5.41, 5.74) is 0.859. The Morgan fingerprint density at radius 2 is 2.16 bits per heavy atom. The predicted octanol–water partition coefficient (Wildman–Crippen LogP) is 2.19. The molecule has 0 spiro atoms. The Morgan fingerprint density at radius 3 is 2.84 bits per heavy atom. The molecule has 4 heteroatoms. The fourth-order valence-electron chi connectivity index (χ4n) is 2.44. The number of carbonyl (C=O) groups is 1. The number of rotatable bonds is 5. The Kier molecular flexibility index (Phi) is 4.80. The summed E-state index contributed by atoms with van der Waals surface area (Å²) in [6, 6.07) is 8.06. The summed E-state index contributed by atoms with van der Waals surface area (Å²) in [4.78, 5) is 13.8. The van der Waals surface area contributed by atoms with Crippen molar-refractivity contribution in [1.29, 1.82) is 0 Å². The van der Waals surface area contributed by atoms with Crippen molar-refractivity contribution < 1.29 is 9.53 Å². The maximum Gasteiger partial charge on any atom is 0.240 e. The molecule has 0 heterocycles. The third-order valence-corrected chi connectivity index (χ3v) is 3.71. The zero-order valence-electron chi connectivity index (χ0n) is 11.7. The molecular weight excluding hydrogens is 240 g/mol. The Morgan fingerprint density at radius 1 is 1.42 bits per heavy atom. The second-order valence-corrected chi connectivity index (χ2v) is 5.02. The van der Waals surface area contributed by atoms with Gasteiger partial charge in [-0.15, -0.1) is 0 Å². The highest BCUT2D eigenvalue weighted by Gasteiger charge is 2.17. The van der Waals surface area contributed by atoms with Gasteiger partial charge >= 0.3 is 0 Å². The van der Waals surface area contributed by atoms with Crippen molar-refractivity contribution in [3.05, 3.63) is 24.3 Å². The molecule has 0 atom stereocenters. The van der Waals surface area contributed by atoms with Crippen LogP contribution in [0.2, 0.25) is 0 Å². The van der Waals surface area contributed by atoms with Crippen molar-refractivity contribution >= 4 is 11.6 Å². The molecule has 0 unspecified atom stereocenters. The zero-order chi connectivity index (χ0) is 13.7. The van der Waals surface area contributed by atoms with E-state index in [4.69, 9.17) is 4.74 Å². The lowest BCUT2D eigenvalue weighted by molar-refractivity contribution is -0.117. The molecule has 104 valence electrons. The summed E-state index contributed by atoms with van der Waals surface area (Å²) >= 11 is 0. The molecule has 1 aliphatic rings. The number of hydrogen-bond acceptors (Lipinski definition) is 3. The lowest BCUT2D eigenvalue weighted by Gasteiger charge is -2.19. The molecule has 0 aliphatic heterocycles. The second-order valence-electron chi connectivity index (χ2n) is 5.02. The number of carbonyl (C=O) groups excluding carboxylic acids is 1. The van der Waals surface area contributed by atoms with Crippen molar-refractivity contribution in [3.8, 4) is 5.75 Å². The minimum atomic E-state index is 0.0835. The van der Waals surface area contributed by atoms with Gasteiger partial charge in [0.1, 0.15) is 5.75 Å². The molecule has 4 nitrogen and oxygen atoms in total. The summed E-state index contributed by atoms with van der Waals surface area (Å²) in [6.45, 7) is 0.401. The molecule has 1 aromatic carbocycles. The topological polar surface area (TPSA) is 41.6 Å². The van der Waals surface area contributed by atoms with E-state index < -0.39 is 0 Å². The van der Waals surface area contributed by atoms with Crippen LogP contribution in [-0.4, -0.2) is 32.7 Å². The SMILES string of the molecule is COc1cccc(N(C)C(=O)CNC2CCCC2)c1. The van der Waals surface area contributed by atoms with Gasteiger partial charge in [0.25, 0.3) is 0 Å². The number of amides is 1. The molecule has 0 bridgehead atoms. The molecule has 1 fully saturated rings. The number of anilines is 1. The molecule has 2 rings (SSSR count). The summed E-state index contributed by atoms with van der Waals surface area (Å²) < 4.78 is 5.17. The van der Waals surface area contributed by atoms with Crippen LogP contribution < -0.4 is 15.0 Å². The normalized spacial score (nSPS) is 15.5. The van der Waals surface area contributed by atoms with Crippen molar-refractivity contribution in [3.63, 3.8) is 0 Å². The van der Waals surface area contributed by atoms with Gasteiger partial charge in [0.15, 0.2) is 0 Å². The number of nitrogens with one attached hydrogen (secondary N) is 1. The first-order valence-electron chi connectivity index (χ1n) is 6.84. The van der Waals surface area contributed by atoms with Crippen molar-refractivity contribution in [1.82, 2.24) is 5.32 Å². The third-order valence-electron chi connectivity index (χ3n) is 3.71. The molecule has 0 radical (unpaired) electrons. The maximum atomic E-state index is 12.1. The van der Waals surface area contributed by atoms with Gasteiger partial charge in [-0.3, -0.25) is 4.79 Å². The largest absolute Gasteiger partial charge is 0.497 e. The van der Waals surface area contributed by atoms with Gasteiger partial charge < -0.3 is 15.0 Å². The highest BCUT2D eigenvalue weighted by molar-refractivity contribution is 5.94. The average Bonchev–Trinajstić information content (AvgIpc) is 2.97. The Bertz CT molecular complexity index is 428. The summed E-state index contributed by atoms with van der Waals surface area (Å²) in [5, 5.41) is 3.34. The van der Waals surface area contributed by atoms with E-state index in [-0.39, 0.29) is 5.91 Å². The zero-order valence-corrected chi connectivity index (χ0v) is 11.7. The number of nitrogens with zero attached hydrogens (tertiary/aromatic N) is 1. The quantitative estimate of drug-likeness (QED) is 0.884. The van der Waals surface area contributed by atoms with Crippen LogP contribution in [0.25, 0.3) is 0 Å². The van der Waals surface area contributed by atoms with Crippen molar-refractivity contribution in [2.75, 3.05) is 25.6 Å². The van der Waals surface area contributed by atoms with Gasteiger partial charge in [-0.2, -0.15) is 0 Å². The van der Waals surface area contributed by atoms with E-state index in [9.17, 15) is 4.79 Å². The molecule has 1 aromatic rings. The van der Waals surface area contributed by atoms with Crippen LogP contribution in [0.4, 0.5) is 5.69 Å². The number of ether oxygens (including phenoxy) is 1. The molecule has 0 aromatic heterocycles. The van der Waals surface area contributed by atoms with E-state index in [1.165, 1.54) is 25.7 Å². The first kappa shape index (κ1) is 13.9. The number of benzene rings is 1. The van der Waals surface area contributed by atoms with E-state index in [0.717, 1.165) is 11.4 Å². The third kappa shape index (κ3) is 3.70. The monoisotopic (exact) mass is 262 g/mol. The first-order valence-corrected chi connectivity index (χ1v) is 6.84. The highest BCUT2D eigenvalue weighted by Crippen LogP contribution is 2.20. The van der Waals surface area contributed by atoms with Crippen LogP contribution in [0.5, 0.6) is 5.75 Å². The number of likely N-dealkylation sites (N-methyl/N-ethyl adjacent to an activating group) is 1. The van der Waals surface area contributed by atoms with E-state index in [1.807, 2.05) is 24.3 Å². The van der Waals surface area contributed by atoms with Gasteiger partial charge in [0, 0.05) is 24.8 Å². The van der Waals surface area contributed by atoms with E-state index >= 15 is 0 Å². The second kappa shape index (κ2) is 6.57. The van der Waals surface area contributed by atoms with Crippen LogP contribution in [0, 0.1) is 0 Å². The van der Waals surface area contributed by atoms with Crippen LogP contribution in [0.15, 0.2) is 24.3 Å². The standard InChI is InChI=1S/C15H22N2O2/c1-17(13-8-5-9-14(10-13)19-2)15(18)11-16-12-6-3-4-7-12/h5,8-10,12,16H,3-4,6-7,11H2,1-2H3. The molecule has 0 saturated heterocycles. The minimum absolute atomic E-state index is 0.0835. The van der Waals surface area contributed by atoms with Gasteiger partial charge in [0.2, 0.25) is 5.91 Å². The summed E-state index contributed by atoms with van der Waals surface area (Å²) in [6.07, 6.45) is 4.93.